The third-order valence-electron chi connectivity index (χ3n) is 3.27. The van der Waals surface area contributed by atoms with E-state index in [0.29, 0.717) is 5.41 Å². The highest BCUT2D eigenvalue weighted by molar-refractivity contribution is 4.92. The Morgan fingerprint density at radius 1 is 1.33 bits per heavy atom. The molecule has 1 N–H and O–H groups in total. The number of likely N-dealkylation sites (tertiary alicyclic amines) is 1. The van der Waals surface area contributed by atoms with E-state index in [-0.39, 0.29) is 6.10 Å². The average molecular weight is 169 g/mol. The monoisotopic (exact) mass is 169 g/mol. The lowest BCUT2D eigenvalue weighted by Gasteiger charge is -2.31. The number of nitrogens with zero attached hydrogens (tertiary/aromatic N) is 1. The summed E-state index contributed by atoms with van der Waals surface area (Å²) < 4.78 is 0. The summed E-state index contributed by atoms with van der Waals surface area (Å²) in [6.07, 6.45) is 4.76. The molecule has 2 aliphatic rings. The Morgan fingerprint density at radius 3 is 2.42 bits per heavy atom. The summed E-state index contributed by atoms with van der Waals surface area (Å²) in [5, 5.41) is 9.31. The molecule has 0 atom stereocenters. The predicted octanol–water partition coefficient (Wildman–Crippen LogP) is 1.24. The summed E-state index contributed by atoms with van der Waals surface area (Å²) in [7, 11) is 0. The van der Waals surface area contributed by atoms with E-state index in [9.17, 15) is 5.11 Å². The van der Waals surface area contributed by atoms with Crippen molar-refractivity contribution in [3.63, 3.8) is 0 Å². The highest BCUT2D eigenvalue weighted by Gasteiger charge is 2.39. The molecule has 12 heavy (non-hydrogen) atoms. The van der Waals surface area contributed by atoms with Crippen molar-refractivity contribution in [2.45, 2.75) is 38.7 Å². The van der Waals surface area contributed by atoms with Crippen LogP contribution in [0.2, 0.25) is 0 Å². The van der Waals surface area contributed by atoms with Gasteiger partial charge < -0.3 is 10.0 Å². The SMILES string of the molecule is CC1(CN2CCC(O)CC2)CC1. The maximum Gasteiger partial charge on any atom is 0.0564 e. The van der Waals surface area contributed by atoms with Crippen LogP contribution in [0.25, 0.3) is 0 Å². The first-order valence-corrected chi connectivity index (χ1v) is 5.08. The summed E-state index contributed by atoms with van der Waals surface area (Å²) in [6, 6.07) is 0. The molecule has 0 bridgehead atoms. The van der Waals surface area contributed by atoms with E-state index in [0.717, 1.165) is 25.9 Å². The zero-order valence-corrected chi connectivity index (χ0v) is 7.92. The van der Waals surface area contributed by atoms with Crippen LogP contribution in [0.15, 0.2) is 0 Å². The molecule has 1 saturated carbocycles. The van der Waals surface area contributed by atoms with E-state index >= 15 is 0 Å². The van der Waals surface area contributed by atoms with Crippen molar-refractivity contribution in [2.75, 3.05) is 19.6 Å². The number of piperidine rings is 1. The van der Waals surface area contributed by atoms with Crippen LogP contribution in [0.5, 0.6) is 0 Å². The average Bonchev–Trinajstić information content (AvgIpc) is 2.74. The van der Waals surface area contributed by atoms with Gasteiger partial charge in [0.15, 0.2) is 0 Å². The Balaban J connectivity index is 1.75. The topological polar surface area (TPSA) is 23.5 Å². The normalized spacial score (nSPS) is 30.5. The van der Waals surface area contributed by atoms with Crippen molar-refractivity contribution >= 4 is 0 Å². The predicted molar refractivity (Wildman–Crippen MR) is 49.0 cm³/mol. The maximum atomic E-state index is 9.31. The quantitative estimate of drug-likeness (QED) is 0.672. The molecule has 70 valence electrons. The lowest BCUT2D eigenvalue weighted by atomic mass is 10.0. The van der Waals surface area contributed by atoms with Gasteiger partial charge >= 0.3 is 0 Å². The maximum absolute atomic E-state index is 9.31. The second-order valence-corrected chi connectivity index (χ2v) is 4.82. The summed E-state index contributed by atoms with van der Waals surface area (Å²) in [4.78, 5) is 2.51. The van der Waals surface area contributed by atoms with Gasteiger partial charge in [0, 0.05) is 19.6 Å². The first kappa shape index (κ1) is 8.52. The lowest BCUT2D eigenvalue weighted by Crippen LogP contribution is -2.38. The van der Waals surface area contributed by atoms with Crippen LogP contribution in [0.3, 0.4) is 0 Å². The zero-order chi connectivity index (χ0) is 8.60. The minimum Gasteiger partial charge on any atom is -0.393 e. The van der Waals surface area contributed by atoms with Crippen LogP contribution in [0.4, 0.5) is 0 Å². The van der Waals surface area contributed by atoms with Crippen LogP contribution in [-0.4, -0.2) is 35.7 Å². The molecule has 0 aromatic rings. The van der Waals surface area contributed by atoms with Gasteiger partial charge in [0.25, 0.3) is 0 Å². The molecule has 0 amide bonds. The second kappa shape index (κ2) is 3.00. The summed E-state index contributed by atoms with van der Waals surface area (Å²) in [6.45, 7) is 5.85. The van der Waals surface area contributed by atoms with Crippen LogP contribution in [0.1, 0.15) is 32.6 Å². The standard InChI is InChI=1S/C10H19NO/c1-10(4-5-10)8-11-6-2-9(12)3-7-11/h9,12H,2-8H2,1H3. The third-order valence-corrected chi connectivity index (χ3v) is 3.27. The van der Waals surface area contributed by atoms with E-state index in [1.807, 2.05) is 0 Å². The summed E-state index contributed by atoms with van der Waals surface area (Å²) in [5.41, 5.74) is 0.641. The fourth-order valence-electron chi connectivity index (χ4n) is 1.99. The lowest BCUT2D eigenvalue weighted by molar-refractivity contribution is 0.0738. The Bertz CT molecular complexity index is 157. The second-order valence-electron chi connectivity index (χ2n) is 4.82. The van der Waals surface area contributed by atoms with Crippen molar-refractivity contribution in [3.8, 4) is 0 Å². The van der Waals surface area contributed by atoms with E-state index in [2.05, 4.69) is 11.8 Å². The van der Waals surface area contributed by atoms with Crippen molar-refractivity contribution in [1.82, 2.24) is 4.90 Å². The smallest absolute Gasteiger partial charge is 0.0564 e. The Hall–Kier alpha value is -0.0800. The van der Waals surface area contributed by atoms with Gasteiger partial charge in [-0.2, -0.15) is 0 Å². The molecule has 1 aliphatic heterocycles. The van der Waals surface area contributed by atoms with E-state index in [4.69, 9.17) is 0 Å². The molecule has 2 nitrogen and oxygen atoms in total. The van der Waals surface area contributed by atoms with Gasteiger partial charge in [0.05, 0.1) is 6.10 Å². The molecule has 1 saturated heterocycles. The molecule has 0 spiro atoms. The number of hydrogen-bond acceptors (Lipinski definition) is 2. The molecule has 2 heteroatoms. The van der Waals surface area contributed by atoms with Crippen LogP contribution >= 0.6 is 0 Å². The molecular weight excluding hydrogens is 150 g/mol. The van der Waals surface area contributed by atoms with Gasteiger partial charge in [-0.3, -0.25) is 0 Å². The minimum absolute atomic E-state index is 0.0201. The molecular formula is C10H19NO. The van der Waals surface area contributed by atoms with Crippen LogP contribution in [-0.2, 0) is 0 Å². The van der Waals surface area contributed by atoms with E-state index < -0.39 is 0 Å². The highest BCUT2D eigenvalue weighted by Crippen LogP contribution is 2.45. The molecule has 2 rings (SSSR count). The molecule has 0 radical (unpaired) electrons. The Morgan fingerprint density at radius 2 is 1.92 bits per heavy atom. The molecule has 0 aromatic carbocycles. The van der Waals surface area contributed by atoms with Crippen LogP contribution in [0, 0.1) is 5.41 Å². The van der Waals surface area contributed by atoms with Crippen LogP contribution < -0.4 is 0 Å². The van der Waals surface area contributed by atoms with Crippen molar-refractivity contribution < 1.29 is 5.11 Å². The van der Waals surface area contributed by atoms with Gasteiger partial charge in [0.1, 0.15) is 0 Å². The molecule has 0 aromatic heterocycles. The summed E-state index contributed by atoms with van der Waals surface area (Å²) >= 11 is 0. The van der Waals surface area contributed by atoms with Gasteiger partial charge in [-0.25, -0.2) is 0 Å². The molecule has 1 aliphatic carbocycles. The number of rotatable bonds is 2. The fraction of sp³-hybridized carbons (Fsp3) is 1.00. The molecule has 1 heterocycles. The van der Waals surface area contributed by atoms with E-state index in [1.165, 1.54) is 19.4 Å². The van der Waals surface area contributed by atoms with Crippen molar-refractivity contribution in [1.29, 1.82) is 0 Å². The van der Waals surface area contributed by atoms with Gasteiger partial charge in [-0.15, -0.1) is 0 Å². The zero-order valence-electron chi connectivity index (χ0n) is 7.92. The molecule has 0 unspecified atom stereocenters. The number of hydrogen-bond donors (Lipinski definition) is 1. The third kappa shape index (κ3) is 1.99. The van der Waals surface area contributed by atoms with E-state index in [1.54, 1.807) is 0 Å². The first-order valence-electron chi connectivity index (χ1n) is 5.08. The highest BCUT2D eigenvalue weighted by atomic mass is 16.3. The van der Waals surface area contributed by atoms with Gasteiger partial charge in [-0.05, 0) is 31.1 Å². The van der Waals surface area contributed by atoms with Gasteiger partial charge in [-0.1, -0.05) is 6.92 Å². The Kier molecular flexibility index (Phi) is 2.13. The largest absolute Gasteiger partial charge is 0.393 e. The van der Waals surface area contributed by atoms with Gasteiger partial charge in [0.2, 0.25) is 0 Å². The summed E-state index contributed by atoms with van der Waals surface area (Å²) in [5.74, 6) is 0. The Labute approximate surface area is 74.6 Å². The number of aliphatic hydroxyl groups excluding tert-OH is 1. The first-order chi connectivity index (χ1) is 5.68. The fourth-order valence-corrected chi connectivity index (χ4v) is 1.99. The van der Waals surface area contributed by atoms with Crippen molar-refractivity contribution in [3.05, 3.63) is 0 Å². The van der Waals surface area contributed by atoms with Crippen molar-refractivity contribution in [2.24, 2.45) is 5.41 Å². The minimum atomic E-state index is -0.0201. The molecule has 2 fully saturated rings. The number of aliphatic hydroxyl groups is 1.